The summed E-state index contributed by atoms with van der Waals surface area (Å²) in [6.45, 7) is 1.92. The van der Waals surface area contributed by atoms with Crippen molar-refractivity contribution in [3.05, 3.63) is 84.3 Å². The molecule has 6 aromatic rings. The number of fused-ring (bicyclic) bond motifs is 2. The van der Waals surface area contributed by atoms with E-state index in [4.69, 9.17) is 4.98 Å². The van der Waals surface area contributed by atoms with Crippen LogP contribution in [0.1, 0.15) is 5.56 Å². The summed E-state index contributed by atoms with van der Waals surface area (Å²) in [5, 5.41) is 7.07. The topological polar surface area (TPSA) is 82.7 Å². The first kappa shape index (κ1) is 20.8. The van der Waals surface area contributed by atoms with E-state index in [-0.39, 0.29) is 4.90 Å². The third kappa shape index (κ3) is 3.24. The number of hydrogen-bond acceptors (Lipinski definition) is 6. The molecule has 34 heavy (non-hydrogen) atoms. The minimum Gasteiger partial charge on any atom is -0.275 e. The van der Waals surface area contributed by atoms with Crippen molar-refractivity contribution in [2.75, 3.05) is 0 Å². The first-order valence-corrected chi connectivity index (χ1v) is 12.9. The number of thiophene rings is 1. The van der Waals surface area contributed by atoms with E-state index >= 15 is 0 Å². The second-order valence-electron chi connectivity index (χ2n) is 8.12. The Hall–Kier alpha value is -3.82. The highest BCUT2D eigenvalue weighted by molar-refractivity contribution is 7.90. The van der Waals surface area contributed by atoms with E-state index in [0.29, 0.717) is 5.65 Å². The molecule has 0 saturated heterocycles. The van der Waals surface area contributed by atoms with E-state index in [1.165, 1.54) is 3.97 Å². The van der Waals surface area contributed by atoms with Crippen molar-refractivity contribution in [3.8, 4) is 22.4 Å². The van der Waals surface area contributed by atoms with Gasteiger partial charge in [-0.05, 0) is 48.9 Å². The zero-order valence-corrected chi connectivity index (χ0v) is 20.0. The average molecular weight is 486 g/mol. The van der Waals surface area contributed by atoms with Crippen molar-refractivity contribution in [2.45, 2.75) is 11.8 Å². The van der Waals surface area contributed by atoms with Gasteiger partial charge in [-0.2, -0.15) is 5.10 Å². The first-order chi connectivity index (χ1) is 16.4. The molecule has 9 heteroatoms. The molecule has 1 aromatic carbocycles. The molecule has 5 heterocycles. The summed E-state index contributed by atoms with van der Waals surface area (Å²) in [7, 11) is -1.90. The Kier molecular flexibility index (Phi) is 4.65. The highest BCUT2D eigenvalue weighted by Crippen LogP contribution is 2.38. The van der Waals surface area contributed by atoms with Crippen LogP contribution in [0.5, 0.6) is 0 Å². The molecular weight excluding hydrogens is 466 g/mol. The maximum atomic E-state index is 13.3. The summed E-state index contributed by atoms with van der Waals surface area (Å²) in [5.41, 5.74) is 5.88. The zero-order valence-electron chi connectivity index (χ0n) is 18.4. The molecule has 6 rings (SSSR count). The third-order valence-electron chi connectivity index (χ3n) is 5.84. The van der Waals surface area contributed by atoms with Crippen LogP contribution in [-0.2, 0) is 17.1 Å². The normalized spacial score (nSPS) is 12.1. The fourth-order valence-corrected chi connectivity index (χ4v) is 6.28. The van der Waals surface area contributed by atoms with Crippen molar-refractivity contribution in [3.63, 3.8) is 0 Å². The van der Waals surface area contributed by atoms with E-state index in [1.54, 1.807) is 64.9 Å². The molecule has 0 spiro atoms. The van der Waals surface area contributed by atoms with Crippen LogP contribution in [0.4, 0.5) is 0 Å². The summed E-state index contributed by atoms with van der Waals surface area (Å²) < 4.78 is 30.7. The van der Waals surface area contributed by atoms with E-state index < -0.39 is 10.0 Å². The van der Waals surface area contributed by atoms with Crippen LogP contribution < -0.4 is 0 Å². The van der Waals surface area contributed by atoms with E-state index in [1.807, 2.05) is 32.3 Å². The lowest BCUT2D eigenvalue weighted by Crippen LogP contribution is -2.12. The predicted octanol–water partition coefficient (Wildman–Crippen LogP) is 5.26. The van der Waals surface area contributed by atoms with Gasteiger partial charge >= 0.3 is 0 Å². The first-order valence-electron chi connectivity index (χ1n) is 10.6. The van der Waals surface area contributed by atoms with Crippen LogP contribution in [-0.4, -0.2) is 32.1 Å². The van der Waals surface area contributed by atoms with Gasteiger partial charge in [0.15, 0.2) is 5.65 Å². The summed E-state index contributed by atoms with van der Waals surface area (Å²) in [4.78, 5) is 9.58. The van der Waals surface area contributed by atoms with Gasteiger partial charge in [0.25, 0.3) is 10.0 Å². The molecule has 5 aromatic heterocycles. The van der Waals surface area contributed by atoms with Gasteiger partial charge in [0.1, 0.15) is 0 Å². The quantitative estimate of drug-likeness (QED) is 0.340. The second-order valence-corrected chi connectivity index (χ2v) is 10.8. The smallest absolute Gasteiger partial charge is 0.269 e. The minimum atomic E-state index is -3.78. The Labute approximate surface area is 200 Å². The van der Waals surface area contributed by atoms with Crippen LogP contribution in [0.15, 0.2) is 83.6 Å². The molecule has 0 aliphatic rings. The van der Waals surface area contributed by atoms with Gasteiger partial charge in [0, 0.05) is 47.5 Å². The monoisotopic (exact) mass is 485 g/mol. The molecule has 168 valence electrons. The zero-order chi connectivity index (χ0) is 23.4. The molecular formula is C25H19N5O2S2. The summed E-state index contributed by atoms with van der Waals surface area (Å²) in [6.07, 6.45) is 6.94. The number of aryl methyl sites for hydroxylation is 2. The van der Waals surface area contributed by atoms with Crippen LogP contribution in [0.25, 0.3) is 43.6 Å². The van der Waals surface area contributed by atoms with Crippen LogP contribution in [0.2, 0.25) is 0 Å². The molecule has 0 fully saturated rings. The van der Waals surface area contributed by atoms with E-state index in [9.17, 15) is 8.42 Å². The standard InChI is InChI=1S/C25H19N5O2S2/c1-16-3-5-18(6-4-16)34(31,32)30-12-10-20-19(9-11-26-25(20)30)21-15-33-23-8-7-22(28-24(21)23)17-13-27-29(2)14-17/h3-15H,1-2H3. The predicted molar refractivity (Wildman–Crippen MR) is 134 cm³/mol. The maximum absolute atomic E-state index is 13.3. The highest BCUT2D eigenvalue weighted by atomic mass is 32.2. The average Bonchev–Trinajstić information content (AvgIpc) is 3.56. The van der Waals surface area contributed by atoms with Gasteiger partial charge in [-0.3, -0.25) is 4.68 Å². The number of pyridine rings is 2. The lowest BCUT2D eigenvalue weighted by molar-refractivity contribution is 0.588. The van der Waals surface area contributed by atoms with Crippen molar-refractivity contribution in [2.24, 2.45) is 7.05 Å². The Bertz CT molecular complexity index is 1790. The van der Waals surface area contributed by atoms with Crippen LogP contribution in [0.3, 0.4) is 0 Å². The molecule has 0 atom stereocenters. The van der Waals surface area contributed by atoms with Crippen LogP contribution >= 0.6 is 11.3 Å². The lowest BCUT2D eigenvalue weighted by atomic mass is 10.1. The van der Waals surface area contributed by atoms with E-state index in [0.717, 1.165) is 43.6 Å². The minimum absolute atomic E-state index is 0.228. The lowest BCUT2D eigenvalue weighted by Gasteiger charge is -2.08. The van der Waals surface area contributed by atoms with Crippen molar-refractivity contribution < 1.29 is 8.42 Å². The maximum Gasteiger partial charge on any atom is 0.269 e. The van der Waals surface area contributed by atoms with Gasteiger partial charge in [0.05, 0.1) is 27.0 Å². The van der Waals surface area contributed by atoms with E-state index in [2.05, 4.69) is 21.5 Å². The molecule has 0 amide bonds. The second kappa shape index (κ2) is 7.61. The fraction of sp³-hybridized carbons (Fsp3) is 0.0800. The molecule has 0 aliphatic heterocycles. The summed E-state index contributed by atoms with van der Waals surface area (Å²) >= 11 is 1.61. The number of aromatic nitrogens is 5. The largest absolute Gasteiger partial charge is 0.275 e. The fourth-order valence-electron chi connectivity index (χ4n) is 4.09. The number of nitrogens with zero attached hydrogens (tertiary/aromatic N) is 5. The highest BCUT2D eigenvalue weighted by Gasteiger charge is 2.22. The Balaban J connectivity index is 1.51. The van der Waals surface area contributed by atoms with Crippen molar-refractivity contribution in [1.29, 1.82) is 0 Å². The van der Waals surface area contributed by atoms with Gasteiger partial charge in [-0.1, -0.05) is 17.7 Å². The molecule has 0 N–H and O–H groups in total. The van der Waals surface area contributed by atoms with Gasteiger partial charge in [-0.25, -0.2) is 22.4 Å². The molecule has 0 aliphatic carbocycles. The molecule has 7 nitrogen and oxygen atoms in total. The van der Waals surface area contributed by atoms with Crippen LogP contribution in [0, 0.1) is 6.92 Å². The Morgan fingerprint density at radius 3 is 2.56 bits per heavy atom. The molecule has 0 radical (unpaired) electrons. The molecule has 0 unspecified atom stereocenters. The van der Waals surface area contributed by atoms with Gasteiger partial charge in [0.2, 0.25) is 0 Å². The van der Waals surface area contributed by atoms with Crippen molar-refractivity contribution >= 4 is 42.6 Å². The number of benzene rings is 1. The Morgan fingerprint density at radius 2 is 1.79 bits per heavy atom. The molecule has 0 bridgehead atoms. The van der Waals surface area contributed by atoms with Gasteiger partial charge < -0.3 is 0 Å². The summed E-state index contributed by atoms with van der Waals surface area (Å²) in [6, 6.07) is 14.6. The number of hydrogen-bond donors (Lipinski definition) is 0. The van der Waals surface area contributed by atoms with Gasteiger partial charge in [-0.15, -0.1) is 11.3 Å². The molecule has 0 saturated carbocycles. The Morgan fingerprint density at radius 1 is 0.971 bits per heavy atom. The third-order valence-corrected chi connectivity index (χ3v) is 8.46. The van der Waals surface area contributed by atoms with Crippen molar-refractivity contribution in [1.82, 2.24) is 23.7 Å². The summed E-state index contributed by atoms with van der Waals surface area (Å²) in [5.74, 6) is 0. The number of rotatable bonds is 4. The SMILES string of the molecule is Cc1ccc(S(=O)(=O)n2ccc3c(-c4csc5ccc(-c6cnn(C)c6)nc45)ccnc32)cc1.